The minimum atomic E-state index is 0.774. The summed E-state index contributed by atoms with van der Waals surface area (Å²) in [6, 6.07) is 8.28. The first-order valence-electron chi connectivity index (χ1n) is 7.72. The molecule has 104 valence electrons. The first kappa shape index (κ1) is 12.0. The van der Waals surface area contributed by atoms with Crippen LogP contribution in [0.1, 0.15) is 32.6 Å². The number of hydrogen-bond acceptors (Lipinski definition) is 2. The van der Waals surface area contributed by atoms with E-state index in [4.69, 9.17) is 0 Å². The van der Waals surface area contributed by atoms with E-state index >= 15 is 0 Å². The van der Waals surface area contributed by atoms with E-state index in [1.165, 1.54) is 30.3 Å². The van der Waals surface area contributed by atoms with Crippen LogP contribution >= 0.6 is 0 Å². The molecule has 2 aromatic rings. The fourth-order valence-electron chi connectivity index (χ4n) is 3.45. The number of aromatic nitrogens is 2. The van der Waals surface area contributed by atoms with Crippen molar-refractivity contribution in [3.05, 3.63) is 36.0 Å². The highest BCUT2D eigenvalue weighted by Gasteiger charge is 2.35. The van der Waals surface area contributed by atoms with Crippen LogP contribution in [0.15, 0.2) is 36.0 Å². The Morgan fingerprint density at radius 3 is 2.90 bits per heavy atom. The molecule has 4 rings (SSSR count). The minimum absolute atomic E-state index is 0.774. The topological polar surface area (TPSA) is 40.7 Å². The van der Waals surface area contributed by atoms with Gasteiger partial charge in [-0.15, -0.1) is 0 Å². The third kappa shape index (κ3) is 2.11. The summed E-state index contributed by atoms with van der Waals surface area (Å²) in [6.07, 6.45) is 7.76. The van der Waals surface area contributed by atoms with Crippen molar-refractivity contribution < 1.29 is 0 Å². The molecule has 2 aliphatic rings. The molecule has 2 aliphatic carbocycles. The predicted molar refractivity (Wildman–Crippen MR) is 82.4 cm³/mol. The highest BCUT2D eigenvalue weighted by atomic mass is 15.2. The van der Waals surface area contributed by atoms with Gasteiger partial charge in [-0.25, -0.2) is 0 Å². The number of benzene rings is 1. The van der Waals surface area contributed by atoms with E-state index in [0.29, 0.717) is 0 Å². The molecule has 1 aromatic heterocycles. The summed E-state index contributed by atoms with van der Waals surface area (Å²) in [5.74, 6) is 3.52. The van der Waals surface area contributed by atoms with E-state index in [9.17, 15) is 0 Å². The molecular weight excluding hydrogens is 246 g/mol. The number of para-hydroxylation sites is 1. The number of nitrogens with zero attached hydrogens (tertiary/aromatic N) is 1. The van der Waals surface area contributed by atoms with Gasteiger partial charge in [-0.3, -0.25) is 5.10 Å². The van der Waals surface area contributed by atoms with Crippen LogP contribution < -0.4 is 5.32 Å². The minimum Gasteiger partial charge on any atom is -0.342 e. The van der Waals surface area contributed by atoms with Gasteiger partial charge in [0.1, 0.15) is 0 Å². The molecule has 0 spiro atoms. The van der Waals surface area contributed by atoms with E-state index < -0.39 is 0 Å². The van der Waals surface area contributed by atoms with Gasteiger partial charge >= 0.3 is 0 Å². The highest BCUT2D eigenvalue weighted by molar-refractivity contribution is 5.90. The van der Waals surface area contributed by atoms with Crippen LogP contribution in [0.2, 0.25) is 0 Å². The Labute approximate surface area is 119 Å². The van der Waals surface area contributed by atoms with Gasteiger partial charge in [0.25, 0.3) is 0 Å². The Kier molecular flexibility index (Phi) is 2.79. The van der Waals surface area contributed by atoms with Crippen molar-refractivity contribution in [2.45, 2.75) is 32.6 Å². The normalized spacial score (nSPS) is 26.6. The molecular formula is C17H21N3. The van der Waals surface area contributed by atoms with E-state index in [-0.39, 0.29) is 0 Å². The summed E-state index contributed by atoms with van der Waals surface area (Å²) in [4.78, 5) is 0. The van der Waals surface area contributed by atoms with Gasteiger partial charge in [0.2, 0.25) is 0 Å². The van der Waals surface area contributed by atoms with Gasteiger partial charge in [-0.1, -0.05) is 25.1 Å². The van der Waals surface area contributed by atoms with Crippen LogP contribution in [0.5, 0.6) is 0 Å². The number of fused-ring (bicyclic) bond motifs is 1. The number of hydrogen-bond donors (Lipinski definition) is 2. The first-order chi connectivity index (χ1) is 9.81. The summed E-state index contributed by atoms with van der Waals surface area (Å²) in [6.45, 7) is 2.40. The average Bonchev–Trinajstić information content (AvgIpc) is 3.24. The van der Waals surface area contributed by atoms with Crippen molar-refractivity contribution in [3.8, 4) is 0 Å². The third-order valence-corrected chi connectivity index (χ3v) is 4.84. The van der Waals surface area contributed by atoms with Gasteiger partial charge < -0.3 is 5.32 Å². The van der Waals surface area contributed by atoms with Crippen molar-refractivity contribution >= 4 is 16.7 Å². The molecule has 1 fully saturated rings. The van der Waals surface area contributed by atoms with Crippen molar-refractivity contribution in [2.24, 2.45) is 17.8 Å². The van der Waals surface area contributed by atoms with Crippen LogP contribution in [0.4, 0.5) is 5.82 Å². The monoisotopic (exact) mass is 267 g/mol. The Balaban J connectivity index is 1.60. The van der Waals surface area contributed by atoms with E-state index in [1.807, 2.05) is 6.07 Å². The third-order valence-electron chi connectivity index (χ3n) is 4.84. The molecule has 2 N–H and O–H groups in total. The maximum Gasteiger partial charge on any atom is 0.159 e. The van der Waals surface area contributed by atoms with Crippen molar-refractivity contribution in [2.75, 3.05) is 5.32 Å². The summed E-state index contributed by atoms with van der Waals surface area (Å²) in [5, 5.41) is 12.2. The quantitative estimate of drug-likeness (QED) is 0.869. The molecule has 3 heteroatoms. The Morgan fingerprint density at radius 2 is 2.05 bits per heavy atom. The van der Waals surface area contributed by atoms with Crippen LogP contribution in [-0.2, 0) is 0 Å². The standard InChI is InChI=1S/C17H21N3/c1-11-6-9-13(10-15(11)12-7-8-12)18-17-14-4-2-3-5-16(14)19-20-17/h2-5,10-12,15H,6-9H2,1H3,(H2,18,19,20). The lowest BCUT2D eigenvalue weighted by Crippen LogP contribution is -2.19. The molecule has 2 atom stereocenters. The number of aromatic amines is 1. The lowest BCUT2D eigenvalue weighted by Gasteiger charge is -2.27. The molecule has 1 saturated carbocycles. The molecule has 0 bridgehead atoms. The molecule has 0 saturated heterocycles. The number of rotatable bonds is 3. The maximum absolute atomic E-state index is 4.42. The van der Waals surface area contributed by atoms with Gasteiger partial charge in [0, 0.05) is 11.1 Å². The molecule has 2 unspecified atom stereocenters. The largest absolute Gasteiger partial charge is 0.342 e. The van der Waals surface area contributed by atoms with Crippen molar-refractivity contribution in [3.63, 3.8) is 0 Å². The second kappa shape index (κ2) is 4.65. The summed E-state index contributed by atoms with van der Waals surface area (Å²) in [7, 11) is 0. The number of nitrogens with one attached hydrogen (secondary N) is 2. The number of H-pyrrole nitrogens is 1. The molecule has 0 aliphatic heterocycles. The average molecular weight is 267 g/mol. The van der Waals surface area contributed by atoms with Crippen LogP contribution in [0.25, 0.3) is 10.9 Å². The molecule has 0 amide bonds. The second-order valence-electron chi connectivity index (χ2n) is 6.37. The maximum atomic E-state index is 4.42. The Bertz CT molecular complexity index is 651. The Morgan fingerprint density at radius 1 is 1.20 bits per heavy atom. The van der Waals surface area contributed by atoms with Crippen LogP contribution in [0, 0.1) is 17.8 Å². The molecule has 20 heavy (non-hydrogen) atoms. The van der Waals surface area contributed by atoms with E-state index in [2.05, 4.69) is 46.7 Å². The lowest BCUT2D eigenvalue weighted by molar-refractivity contribution is 0.345. The van der Waals surface area contributed by atoms with Crippen LogP contribution in [0.3, 0.4) is 0 Å². The van der Waals surface area contributed by atoms with Crippen molar-refractivity contribution in [1.29, 1.82) is 0 Å². The smallest absolute Gasteiger partial charge is 0.159 e. The SMILES string of the molecule is CC1CCC(Nc2n[nH]c3ccccc23)=CC1C1CC1. The fraction of sp³-hybridized carbons (Fsp3) is 0.471. The molecule has 1 heterocycles. The zero-order valence-electron chi connectivity index (χ0n) is 11.9. The van der Waals surface area contributed by atoms with Gasteiger partial charge in [-0.2, -0.15) is 5.10 Å². The van der Waals surface area contributed by atoms with Gasteiger partial charge in [0.05, 0.1) is 5.52 Å². The summed E-state index contributed by atoms with van der Waals surface area (Å²) < 4.78 is 0. The van der Waals surface area contributed by atoms with E-state index in [1.54, 1.807) is 0 Å². The first-order valence-corrected chi connectivity index (χ1v) is 7.72. The van der Waals surface area contributed by atoms with Gasteiger partial charge in [-0.05, 0) is 55.6 Å². The fourth-order valence-corrected chi connectivity index (χ4v) is 3.45. The summed E-state index contributed by atoms with van der Waals surface area (Å²) in [5.41, 5.74) is 2.45. The molecule has 0 radical (unpaired) electrons. The van der Waals surface area contributed by atoms with Gasteiger partial charge in [0.15, 0.2) is 5.82 Å². The van der Waals surface area contributed by atoms with Crippen LogP contribution in [-0.4, -0.2) is 10.2 Å². The highest BCUT2D eigenvalue weighted by Crippen LogP contribution is 2.45. The zero-order valence-corrected chi connectivity index (χ0v) is 11.9. The number of anilines is 1. The zero-order chi connectivity index (χ0) is 13.5. The van der Waals surface area contributed by atoms with E-state index in [0.717, 1.165) is 35.5 Å². The van der Waals surface area contributed by atoms with Crippen molar-refractivity contribution in [1.82, 2.24) is 10.2 Å². The Hall–Kier alpha value is -1.77. The molecule has 3 nitrogen and oxygen atoms in total. The number of allylic oxidation sites excluding steroid dienone is 2. The lowest BCUT2D eigenvalue weighted by atomic mass is 9.81. The predicted octanol–water partition coefficient (Wildman–Crippen LogP) is 4.31. The summed E-state index contributed by atoms with van der Waals surface area (Å²) >= 11 is 0. The second-order valence-corrected chi connectivity index (χ2v) is 6.37. The molecule has 1 aromatic carbocycles.